The van der Waals surface area contributed by atoms with Gasteiger partial charge in [-0.15, -0.1) is 11.3 Å². The van der Waals surface area contributed by atoms with Crippen molar-refractivity contribution in [2.75, 3.05) is 39.5 Å². The van der Waals surface area contributed by atoms with E-state index in [2.05, 4.69) is 9.88 Å². The zero-order valence-electron chi connectivity index (χ0n) is 17.9. The third kappa shape index (κ3) is 3.84. The highest BCUT2D eigenvalue weighted by Gasteiger charge is 2.48. The van der Waals surface area contributed by atoms with Gasteiger partial charge in [0.1, 0.15) is 29.2 Å². The second-order valence-electron chi connectivity index (χ2n) is 8.80. The molecule has 0 amide bonds. The Morgan fingerprint density at radius 2 is 1.85 bits per heavy atom. The second kappa shape index (κ2) is 8.06. The summed E-state index contributed by atoms with van der Waals surface area (Å²) in [7, 11) is 0. The molecule has 2 aliphatic rings. The number of halogens is 1. The molecule has 1 spiro atoms. The second-order valence-corrected chi connectivity index (χ2v) is 9.85. The molecule has 0 radical (unpaired) electrons. The predicted octanol–water partition coefficient (Wildman–Crippen LogP) is 3.96. The number of fused-ring (bicyclic) bond motifs is 1. The zero-order valence-corrected chi connectivity index (χ0v) is 18.7. The number of rotatable bonds is 6. The number of benzene rings is 2. The maximum Gasteiger partial charge on any atom is 0.275 e. The summed E-state index contributed by atoms with van der Waals surface area (Å²) in [5, 5.41) is 0. The molecule has 6 rings (SSSR count). The number of hydrogen-bond acceptors (Lipinski definition) is 6. The lowest BCUT2D eigenvalue weighted by Gasteiger charge is -2.55. The van der Waals surface area contributed by atoms with Gasteiger partial charge in [0.05, 0.1) is 24.4 Å². The van der Waals surface area contributed by atoms with Crippen molar-refractivity contribution in [1.82, 2.24) is 14.5 Å². The van der Waals surface area contributed by atoms with E-state index in [1.165, 1.54) is 28.0 Å². The van der Waals surface area contributed by atoms with Gasteiger partial charge in [0, 0.05) is 29.9 Å². The highest BCUT2D eigenvalue weighted by molar-refractivity contribution is 7.22. The first-order valence-corrected chi connectivity index (χ1v) is 11.7. The lowest BCUT2D eigenvalue weighted by atomic mass is 9.78. The Morgan fingerprint density at radius 3 is 2.55 bits per heavy atom. The zero-order chi connectivity index (χ0) is 22.4. The molecule has 0 saturated carbocycles. The summed E-state index contributed by atoms with van der Waals surface area (Å²) in [6, 6.07) is 15.6. The minimum absolute atomic E-state index is 0.126. The Bertz CT molecular complexity index is 1350. The summed E-state index contributed by atoms with van der Waals surface area (Å²) in [6.07, 6.45) is 1.55. The standard InChI is InChI=1S/C25H22FN3O3S/c26-18-3-1-17(2-4-18)22-11-21-23(33-22)24(30)29(16-27-21)19-5-7-20(8-6-19)32-10-9-28-12-25(13-28)14-31-15-25/h1-8,11,16H,9-10,12-15H2. The Hall–Kier alpha value is -3.07. The van der Waals surface area contributed by atoms with E-state index in [-0.39, 0.29) is 11.4 Å². The molecule has 6 nitrogen and oxygen atoms in total. The molecule has 168 valence electrons. The third-order valence-corrected chi connectivity index (χ3v) is 7.45. The van der Waals surface area contributed by atoms with E-state index >= 15 is 0 Å². The molecule has 2 aromatic carbocycles. The van der Waals surface area contributed by atoms with E-state index in [4.69, 9.17) is 9.47 Å². The molecule has 0 bridgehead atoms. The topological polar surface area (TPSA) is 56.6 Å². The fourth-order valence-electron chi connectivity index (χ4n) is 4.48. The fourth-order valence-corrected chi connectivity index (χ4v) is 5.53. The third-order valence-electron chi connectivity index (χ3n) is 6.29. The van der Waals surface area contributed by atoms with Crippen molar-refractivity contribution < 1.29 is 13.9 Å². The molecule has 4 aromatic rings. The summed E-state index contributed by atoms with van der Waals surface area (Å²) in [4.78, 5) is 20.8. The van der Waals surface area contributed by atoms with Crippen molar-refractivity contribution in [2.45, 2.75) is 0 Å². The maximum absolute atomic E-state index is 13.2. The Labute approximate surface area is 193 Å². The lowest BCUT2D eigenvalue weighted by Crippen LogP contribution is -2.66. The highest BCUT2D eigenvalue weighted by Crippen LogP contribution is 2.37. The van der Waals surface area contributed by atoms with Gasteiger partial charge in [0.25, 0.3) is 5.56 Å². The van der Waals surface area contributed by atoms with E-state index in [9.17, 15) is 9.18 Å². The number of ether oxygens (including phenoxy) is 2. The number of thiophene rings is 1. The molecular weight excluding hydrogens is 441 g/mol. The summed E-state index contributed by atoms with van der Waals surface area (Å²) < 4.78 is 26.5. The van der Waals surface area contributed by atoms with Gasteiger partial charge in [-0.25, -0.2) is 9.37 Å². The molecule has 0 unspecified atom stereocenters. The first-order chi connectivity index (χ1) is 16.1. The molecule has 4 heterocycles. The molecule has 2 fully saturated rings. The van der Waals surface area contributed by atoms with E-state index in [0.29, 0.717) is 22.2 Å². The van der Waals surface area contributed by atoms with E-state index in [0.717, 1.165) is 54.7 Å². The van der Waals surface area contributed by atoms with Crippen LogP contribution in [0.2, 0.25) is 0 Å². The van der Waals surface area contributed by atoms with Gasteiger partial charge in [-0.05, 0) is 48.0 Å². The van der Waals surface area contributed by atoms with Gasteiger partial charge >= 0.3 is 0 Å². The SMILES string of the molecule is O=c1c2sc(-c3ccc(F)cc3)cc2ncn1-c1ccc(OCCN2CC3(COC3)C2)cc1. The van der Waals surface area contributed by atoms with Crippen LogP contribution in [-0.4, -0.2) is 53.9 Å². The molecule has 0 atom stereocenters. The molecule has 0 aliphatic carbocycles. The van der Waals surface area contributed by atoms with Crippen molar-refractivity contribution in [3.05, 3.63) is 77.1 Å². The summed E-state index contributed by atoms with van der Waals surface area (Å²) in [6.45, 7) is 5.51. The predicted molar refractivity (Wildman–Crippen MR) is 126 cm³/mol. The Kier molecular flexibility index (Phi) is 5.01. The minimum Gasteiger partial charge on any atom is -0.492 e. The van der Waals surface area contributed by atoms with Crippen LogP contribution < -0.4 is 10.3 Å². The summed E-state index contributed by atoms with van der Waals surface area (Å²) >= 11 is 1.37. The molecule has 2 aromatic heterocycles. The first-order valence-electron chi connectivity index (χ1n) is 10.9. The van der Waals surface area contributed by atoms with Crippen LogP contribution in [0.15, 0.2) is 65.7 Å². The Balaban J connectivity index is 1.15. The molecular formula is C25H22FN3O3S. The van der Waals surface area contributed by atoms with Gasteiger partial charge < -0.3 is 9.47 Å². The van der Waals surface area contributed by atoms with Crippen LogP contribution in [-0.2, 0) is 4.74 Å². The summed E-state index contributed by atoms with van der Waals surface area (Å²) in [5.41, 5.74) is 2.53. The number of nitrogens with zero attached hydrogens (tertiary/aromatic N) is 3. The van der Waals surface area contributed by atoms with Gasteiger partial charge in [-0.2, -0.15) is 0 Å². The average Bonchev–Trinajstić information content (AvgIpc) is 3.21. The van der Waals surface area contributed by atoms with Crippen molar-refractivity contribution >= 4 is 21.6 Å². The van der Waals surface area contributed by atoms with Crippen molar-refractivity contribution in [1.29, 1.82) is 0 Å². The largest absolute Gasteiger partial charge is 0.492 e. The Morgan fingerprint density at radius 1 is 1.09 bits per heavy atom. The van der Waals surface area contributed by atoms with Crippen LogP contribution in [0.25, 0.3) is 26.3 Å². The van der Waals surface area contributed by atoms with Crippen LogP contribution >= 0.6 is 11.3 Å². The summed E-state index contributed by atoms with van der Waals surface area (Å²) in [5.74, 6) is 0.489. The van der Waals surface area contributed by atoms with Gasteiger partial charge in [0.2, 0.25) is 0 Å². The van der Waals surface area contributed by atoms with Gasteiger partial charge in [-0.3, -0.25) is 14.3 Å². The fraction of sp³-hybridized carbons (Fsp3) is 0.280. The molecule has 2 aliphatic heterocycles. The van der Waals surface area contributed by atoms with Gasteiger partial charge in [0.15, 0.2) is 0 Å². The number of likely N-dealkylation sites (tertiary alicyclic amines) is 1. The van der Waals surface area contributed by atoms with Crippen LogP contribution in [0.5, 0.6) is 5.75 Å². The maximum atomic E-state index is 13.2. The number of aromatic nitrogens is 2. The van der Waals surface area contributed by atoms with Crippen LogP contribution in [0.1, 0.15) is 0 Å². The van der Waals surface area contributed by atoms with Crippen molar-refractivity contribution in [3.63, 3.8) is 0 Å². The van der Waals surface area contributed by atoms with E-state index in [1.54, 1.807) is 18.5 Å². The molecule has 33 heavy (non-hydrogen) atoms. The monoisotopic (exact) mass is 463 g/mol. The molecule has 0 N–H and O–H groups in total. The van der Waals surface area contributed by atoms with Crippen molar-refractivity contribution in [2.24, 2.45) is 5.41 Å². The number of hydrogen-bond donors (Lipinski definition) is 0. The average molecular weight is 464 g/mol. The highest BCUT2D eigenvalue weighted by atomic mass is 32.1. The van der Waals surface area contributed by atoms with Crippen molar-refractivity contribution in [3.8, 4) is 21.9 Å². The molecule has 2 saturated heterocycles. The van der Waals surface area contributed by atoms with E-state index in [1.807, 2.05) is 30.3 Å². The van der Waals surface area contributed by atoms with E-state index < -0.39 is 0 Å². The van der Waals surface area contributed by atoms with Crippen LogP contribution in [0.3, 0.4) is 0 Å². The minimum atomic E-state index is -0.287. The quantitative estimate of drug-likeness (QED) is 0.433. The van der Waals surface area contributed by atoms with Crippen LogP contribution in [0, 0.1) is 11.2 Å². The first kappa shape index (κ1) is 20.5. The molecule has 8 heteroatoms. The lowest BCUT2D eigenvalue weighted by molar-refractivity contribution is -0.189. The smallest absolute Gasteiger partial charge is 0.275 e. The normalized spacial score (nSPS) is 17.1. The van der Waals surface area contributed by atoms with Crippen LogP contribution in [0.4, 0.5) is 4.39 Å². The van der Waals surface area contributed by atoms with Gasteiger partial charge in [-0.1, -0.05) is 12.1 Å².